The Labute approximate surface area is 194 Å². The van der Waals surface area contributed by atoms with E-state index in [0.29, 0.717) is 34.9 Å². The van der Waals surface area contributed by atoms with E-state index < -0.39 is 0 Å². The summed E-state index contributed by atoms with van der Waals surface area (Å²) in [6, 6.07) is 5.58. The molecule has 4 rings (SSSR count). The number of nitrogens with zero attached hydrogens (tertiary/aromatic N) is 5. The van der Waals surface area contributed by atoms with Crippen LogP contribution in [-0.2, 0) is 0 Å². The van der Waals surface area contributed by atoms with Crippen molar-refractivity contribution in [1.29, 1.82) is 0 Å². The molecule has 1 aliphatic rings. The van der Waals surface area contributed by atoms with E-state index in [4.69, 9.17) is 4.42 Å². The second kappa shape index (κ2) is 8.67. The fraction of sp³-hybridized carbons (Fsp3) is 0.478. The van der Waals surface area contributed by atoms with Gasteiger partial charge in [-0.1, -0.05) is 6.07 Å². The number of hydrogen-bond donors (Lipinski definition) is 2. The molecule has 0 amide bonds. The van der Waals surface area contributed by atoms with E-state index in [9.17, 15) is 5.11 Å². The molecule has 3 aromatic rings. The van der Waals surface area contributed by atoms with Gasteiger partial charge in [-0.2, -0.15) is 0 Å². The highest BCUT2D eigenvalue weighted by atomic mass is 35.5. The first-order valence-corrected chi connectivity index (χ1v) is 10.5. The predicted octanol–water partition coefficient (Wildman–Crippen LogP) is 4.37. The van der Waals surface area contributed by atoms with Gasteiger partial charge in [-0.3, -0.25) is 0 Å². The summed E-state index contributed by atoms with van der Waals surface area (Å²) in [6.45, 7) is 10.7. The van der Waals surface area contributed by atoms with E-state index in [1.165, 1.54) is 0 Å². The highest BCUT2D eigenvalue weighted by molar-refractivity contribution is 5.85. The standard InChI is InChI=1S/C23H30N6O2.ClH/c1-14-24-13-20(31-14)15-7-8-17(19(30)9-15)18-12-25-21(27-26-18)29(6)16-10-22(2,3)28-23(4,5)11-16;/h7-9,12-13,16,28,30H,10-11H2,1-6H3;1H. The molecular weight excluding hydrogens is 428 g/mol. The summed E-state index contributed by atoms with van der Waals surface area (Å²) in [4.78, 5) is 10.7. The SMILES string of the molecule is Cc1ncc(-c2ccc(-c3cnc(N(C)C4CC(C)(C)NC(C)(C)C4)nn3)c(O)c2)o1.Cl. The molecule has 0 radical (unpaired) electrons. The van der Waals surface area contributed by atoms with Gasteiger partial charge in [-0.15, -0.1) is 22.6 Å². The van der Waals surface area contributed by atoms with E-state index in [1.54, 1.807) is 31.5 Å². The molecule has 32 heavy (non-hydrogen) atoms. The Hall–Kier alpha value is -2.71. The van der Waals surface area contributed by atoms with Gasteiger partial charge in [-0.25, -0.2) is 9.97 Å². The zero-order valence-corrected chi connectivity index (χ0v) is 20.2. The molecule has 0 spiro atoms. The van der Waals surface area contributed by atoms with Crippen LogP contribution in [0, 0.1) is 6.92 Å². The van der Waals surface area contributed by atoms with Crippen LogP contribution in [0.4, 0.5) is 5.95 Å². The first kappa shape index (κ1) is 23.9. The summed E-state index contributed by atoms with van der Waals surface area (Å²) in [5, 5.41) is 22.9. The smallest absolute Gasteiger partial charge is 0.245 e. The molecule has 9 heteroatoms. The Morgan fingerprint density at radius 1 is 1.06 bits per heavy atom. The molecule has 0 bridgehead atoms. The lowest BCUT2D eigenvalue weighted by molar-refractivity contribution is 0.160. The van der Waals surface area contributed by atoms with Crippen LogP contribution in [0.5, 0.6) is 5.75 Å². The molecule has 8 nitrogen and oxygen atoms in total. The number of aromatic nitrogens is 4. The maximum Gasteiger partial charge on any atom is 0.245 e. The Bertz CT molecular complexity index is 1060. The van der Waals surface area contributed by atoms with Crippen molar-refractivity contribution in [3.63, 3.8) is 0 Å². The van der Waals surface area contributed by atoms with Crippen LogP contribution in [0.15, 0.2) is 35.0 Å². The average molecular weight is 459 g/mol. The van der Waals surface area contributed by atoms with Crippen molar-refractivity contribution >= 4 is 18.4 Å². The van der Waals surface area contributed by atoms with E-state index in [1.807, 2.05) is 13.1 Å². The lowest BCUT2D eigenvalue weighted by atomic mass is 9.79. The number of aromatic hydroxyl groups is 1. The zero-order valence-electron chi connectivity index (χ0n) is 19.4. The van der Waals surface area contributed by atoms with Crippen molar-refractivity contribution < 1.29 is 9.52 Å². The lowest BCUT2D eigenvalue weighted by Gasteiger charge is -2.48. The van der Waals surface area contributed by atoms with E-state index in [0.717, 1.165) is 18.4 Å². The van der Waals surface area contributed by atoms with Crippen molar-refractivity contribution in [2.45, 2.75) is 64.6 Å². The topological polar surface area (TPSA) is 100 Å². The maximum atomic E-state index is 10.5. The number of benzene rings is 1. The lowest BCUT2D eigenvalue weighted by Crippen LogP contribution is -2.62. The van der Waals surface area contributed by atoms with Crippen LogP contribution < -0.4 is 10.2 Å². The average Bonchev–Trinajstić information content (AvgIpc) is 3.11. The quantitative estimate of drug-likeness (QED) is 0.594. The number of anilines is 1. The van der Waals surface area contributed by atoms with Crippen LogP contribution in [0.3, 0.4) is 0 Å². The Morgan fingerprint density at radius 3 is 2.28 bits per heavy atom. The number of phenols is 1. The van der Waals surface area contributed by atoms with Gasteiger partial charge in [0.1, 0.15) is 11.4 Å². The molecule has 0 saturated carbocycles. The first-order chi connectivity index (χ1) is 14.5. The minimum Gasteiger partial charge on any atom is -0.507 e. The second-order valence-electron chi connectivity index (χ2n) is 9.68. The van der Waals surface area contributed by atoms with Crippen LogP contribution in [0.25, 0.3) is 22.6 Å². The first-order valence-electron chi connectivity index (χ1n) is 10.5. The van der Waals surface area contributed by atoms with E-state index >= 15 is 0 Å². The maximum absolute atomic E-state index is 10.5. The largest absolute Gasteiger partial charge is 0.507 e. The van der Waals surface area contributed by atoms with Crippen LogP contribution >= 0.6 is 12.4 Å². The third kappa shape index (κ3) is 5.02. The van der Waals surface area contributed by atoms with Crippen LogP contribution in [-0.4, -0.2) is 49.4 Å². The summed E-state index contributed by atoms with van der Waals surface area (Å²) < 4.78 is 5.53. The normalized spacial score (nSPS) is 17.6. The monoisotopic (exact) mass is 458 g/mol. The Morgan fingerprint density at radius 2 is 1.75 bits per heavy atom. The van der Waals surface area contributed by atoms with Crippen molar-refractivity contribution in [2.75, 3.05) is 11.9 Å². The minimum atomic E-state index is 0. The summed E-state index contributed by atoms with van der Waals surface area (Å²) in [6.07, 6.45) is 5.27. The fourth-order valence-electron chi connectivity index (χ4n) is 4.66. The number of oxazole rings is 1. The fourth-order valence-corrected chi connectivity index (χ4v) is 4.66. The van der Waals surface area contributed by atoms with Gasteiger partial charge in [0.2, 0.25) is 5.95 Å². The number of hydrogen-bond acceptors (Lipinski definition) is 8. The third-order valence-corrected chi connectivity index (χ3v) is 5.76. The molecule has 1 fully saturated rings. The van der Waals surface area contributed by atoms with Gasteiger partial charge in [0.25, 0.3) is 0 Å². The molecule has 3 heterocycles. The van der Waals surface area contributed by atoms with Crippen molar-refractivity contribution in [3.05, 3.63) is 36.5 Å². The molecule has 2 N–H and O–H groups in total. The molecule has 2 aromatic heterocycles. The van der Waals surface area contributed by atoms with Crippen molar-refractivity contribution in [3.8, 4) is 28.3 Å². The number of rotatable bonds is 4. The molecule has 0 aliphatic carbocycles. The van der Waals surface area contributed by atoms with Gasteiger partial charge >= 0.3 is 0 Å². The molecule has 1 aliphatic heterocycles. The zero-order chi connectivity index (χ0) is 22.4. The molecule has 0 atom stereocenters. The van der Waals surface area contributed by atoms with Crippen LogP contribution in [0.1, 0.15) is 46.4 Å². The van der Waals surface area contributed by atoms with Crippen LogP contribution in [0.2, 0.25) is 0 Å². The van der Waals surface area contributed by atoms with Gasteiger partial charge < -0.3 is 19.7 Å². The molecule has 1 aromatic carbocycles. The third-order valence-electron chi connectivity index (χ3n) is 5.76. The van der Waals surface area contributed by atoms with Gasteiger partial charge in [0.15, 0.2) is 11.7 Å². The summed E-state index contributed by atoms with van der Waals surface area (Å²) in [5.74, 6) is 1.85. The molecule has 172 valence electrons. The van der Waals surface area contributed by atoms with E-state index in [-0.39, 0.29) is 29.2 Å². The van der Waals surface area contributed by atoms with E-state index in [2.05, 4.69) is 58.1 Å². The van der Waals surface area contributed by atoms with Gasteiger partial charge in [0, 0.05) is 42.2 Å². The molecule has 1 saturated heterocycles. The molecular formula is C23H31ClN6O2. The summed E-state index contributed by atoms with van der Waals surface area (Å²) in [5.41, 5.74) is 1.89. The number of aryl methyl sites for hydroxylation is 1. The van der Waals surface area contributed by atoms with Gasteiger partial charge in [-0.05, 0) is 52.7 Å². The Balaban J connectivity index is 0.00000289. The second-order valence-corrected chi connectivity index (χ2v) is 9.68. The summed E-state index contributed by atoms with van der Waals surface area (Å²) in [7, 11) is 2.02. The minimum absolute atomic E-state index is 0. The van der Waals surface area contributed by atoms with Crippen molar-refractivity contribution in [1.82, 2.24) is 25.5 Å². The number of phenolic OH excluding ortho intramolecular Hbond substituents is 1. The highest BCUT2D eigenvalue weighted by Gasteiger charge is 2.39. The summed E-state index contributed by atoms with van der Waals surface area (Å²) >= 11 is 0. The van der Waals surface area contributed by atoms with Gasteiger partial charge in [0.05, 0.1) is 12.4 Å². The number of halogens is 1. The number of nitrogens with one attached hydrogen (secondary N) is 1. The number of piperidine rings is 1. The highest BCUT2D eigenvalue weighted by Crippen LogP contribution is 2.34. The predicted molar refractivity (Wildman–Crippen MR) is 127 cm³/mol. The molecule has 0 unspecified atom stereocenters. The Kier molecular flexibility index (Phi) is 6.49. The van der Waals surface area contributed by atoms with Crippen molar-refractivity contribution in [2.24, 2.45) is 0 Å².